The summed E-state index contributed by atoms with van der Waals surface area (Å²) in [6.45, 7) is 1.95. The van der Waals surface area contributed by atoms with Crippen LogP contribution < -0.4 is 5.06 Å². The number of aliphatic hydroxyl groups is 1. The monoisotopic (exact) mass is 401 g/mol. The van der Waals surface area contributed by atoms with E-state index in [1.54, 1.807) is 48.7 Å². The van der Waals surface area contributed by atoms with Gasteiger partial charge in [-0.15, -0.1) is 0 Å². The summed E-state index contributed by atoms with van der Waals surface area (Å²) in [7, 11) is 2.58. The van der Waals surface area contributed by atoms with Crippen molar-refractivity contribution in [2.45, 2.75) is 12.6 Å². The van der Waals surface area contributed by atoms with Crippen molar-refractivity contribution < 1.29 is 19.5 Å². The van der Waals surface area contributed by atoms with Gasteiger partial charge in [-0.25, -0.2) is 9.48 Å². The number of carbonyl (C=O) groups excluding carboxylic acids is 1. The molecule has 0 saturated heterocycles. The van der Waals surface area contributed by atoms with Crippen molar-refractivity contribution in [2.24, 2.45) is 0 Å². The van der Waals surface area contributed by atoms with Gasteiger partial charge in [-0.1, -0.05) is 59.6 Å². The second-order valence-corrected chi connectivity index (χ2v) is 6.47. The van der Waals surface area contributed by atoms with Gasteiger partial charge >= 0.3 is 6.09 Å². The quantitative estimate of drug-likeness (QED) is 0.659. The number of hydroxylamine groups is 1. The minimum Gasteiger partial charge on any atom is -0.451 e. The number of halogens is 1. The number of para-hydroxylation sites is 1. The van der Waals surface area contributed by atoms with Gasteiger partial charge in [-0.3, -0.25) is 4.84 Å². The van der Waals surface area contributed by atoms with E-state index < -0.39 is 11.8 Å². The Bertz CT molecular complexity index is 974. The largest absolute Gasteiger partial charge is 0.451 e. The van der Waals surface area contributed by atoms with E-state index in [-0.39, 0.29) is 5.15 Å². The third-order valence-corrected chi connectivity index (χ3v) is 4.57. The highest BCUT2D eigenvalue weighted by atomic mass is 35.5. The smallest absolute Gasteiger partial charge is 0.438 e. The molecule has 3 aromatic rings. The zero-order valence-corrected chi connectivity index (χ0v) is 16.4. The Morgan fingerprint density at radius 3 is 2.39 bits per heavy atom. The van der Waals surface area contributed by atoms with Gasteiger partial charge in [-0.05, 0) is 19.1 Å². The van der Waals surface area contributed by atoms with Gasteiger partial charge in [0.25, 0.3) is 0 Å². The first-order chi connectivity index (χ1) is 13.4. The predicted molar refractivity (Wildman–Crippen MR) is 105 cm³/mol. The number of nitrogens with zero attached hydrogens (tertiary/aromatic N) is 3. The summed E-state index contributed by atoms with van der Waals surface area (Å²) in [6.07, 6.45) is 0.827. The molecule has 28 heavy (non-hydrogen) atoms. The summed E-state index contributed by atoms with van der Waals surface area (Å²) in [4.78, 5) is 17.4. The first kappa shape index (κ1) is 19.9. The Morgan fingerprint density at radius 2 is 1.82 bits per heavy atom. The molecule has 0 aliphatic heterocycles. The molecule has 8 heteroatoms. The molecule has 1 N–H and O–H groups in total. The normalized spacial score (nSPS) is 13.0. The van der Waals surface area contributed by atoms with Crippen molar-refractivity contribution in [3.05, 3.63) is 82.6 Å². The van der Waals surface area contributed by atoms with Gasteiger partial charge in [0.2, 0.25) is 5.72 Å². The second kappa shape index (κ2) is 8.02. The number of amides is 1. The van der Waals surface area contributed by atoms with E-state index in [2.05, 4.69) is 5.10 Å². The molecule has 7 nitrogen and oxygen atoms in total. The highest BCUT2D eigenvalue weighted by Gasteiger charge is 2.39. The molecular formula is C20H20ClN3O4. The first-order valence-corrected chi connectivity index (χ1v) is 8.82. The van der Waals surface area contributed by atoms with Crippen molar-refractivity contribution in [3.63, 3.8) is 0 Å². The molecule has 1 heterocycles. The van der Waals surface area contributed by atoms with Gasteiger partial charge in [0.15, 0.2) is 5.15 Å². The van der Waals surface area contributed by atoms with Crippen LogP contribution in [0.2, 0.25) is 5.15 Å². The summed E-state index contributed by atoms with van der Waals surface area (Å²) in [5.74, 6) is 0. The van der Waals surface area contributed by atoms with E-state index in [4.69, 9.17) is 21.2 Å². The van der Waals surface area contributed by atoms with Crippen LogP contribution in [0.25, 0.3) is 0 Å². The number of aryl methyl sites for hydroxylation is 1. The molecule has 0 fully saturated rings. The highest BCUT2D eigenvalue weighted by Crippen LogP contribution is 2.38. The van der Waals surface area contributed by atoms with E-state index >= 15 is 0 Å². The van der Waals surface area contributed by atoms with Crippen molar-refractivity contribution in [2.75, 3.05) is 19.3 Å². The van der Waals surface area contributed by atoms with Crippen LogP contribution in [0.15, 0.2) is 60.8 Å². The van der Waals surface area contributed by atoms with Gasteiger partial charge < -0.3 is 9.84 Å². The van der Waals surface area contributed by atoms with Crippen LogP contribution in [0.5, 0.6) is 0 Å². The lowest BCUT2D eigenvalue weighted by Crippen LogP contribution is -2.40. The topological polar surface area (TPSA) is 76.8 Å². The van der Waals surface area contributed by atoms with Crippen LogP contribution in [-0.4, -0.2) is 35.2 Å². The maximum Gasteiger partial charge on any atom is 0.438 e. The summed E-state index contributed by atoms with van der Waals surface area (Å²) in [5, 5.41) is 17.3. The molecule has 146 valence electrons. The van der Waals surface area contributed by atoms with Crippen LogP contribution in [0.4, 0.5) is 10.5 Å². The van der Waals surface area contributed by atoms with Crippen LogP contribution >= 0.6 is 11.6 Å². The minimum absolute atomic E-state index is 0.222. The number of aromatic nitrogens is 2. The van der Waals surface area contributed by atoms with Gasteiger partial charge in [-0.2, -0.15) is 10.2 Å². The molecule has 3 rings (SSSR count). The van der Waals surface area contributed by atoms with Crippen molar-refractivity contribution in [1.82, 2.24) is 9.78 Å². The Balaban J connectivity index is 2.28. The highest BCUT2D eigenvalue weighted by molar-refractivity contribution is 6.29. The van der Waals surface area contributed by atoms with Crippen molar-refractivity contribution in [1.29, 1.82) is 0 Å². The molecule has 0 aliphatic rings. The van der Waals surface area contributed by atoms with Crippen LogP contribution in [-0.2, 0) is 15.3 Å². The SMILES string of the molecule is COC(=O)N(OC)c1ccccc1C(O)(c1ccc(C)cc1)n1ccc(Cl)n1. The zero-order valence-electron chi connectivity index (χ0n) is 15.7. The lowest BCUT2D eigenvalue weighted by atomic mass is 9.92. The number of carbonyl (C=O) groups is 1. The Kier molecular flexibility index (Phi) is 5.69. The van der Waals surface area contributed by atoms with E-state index in [0.29, 0.717) is 16.8 Å². The maximum atomic E-state index is 12.2. The number of rotatable bonds is 5. The molecule has 0 aliphatic carbocycles. The lowest BCUT2D eigenvalue weighted by Gasteiger charge is -2.33. The third-order valence-electron chi connectivity index (χ3n) is 4.36. The molecule has 1 atom stereocenters. The second-order valence-electron chi connectivity index (χ2n) is 6.09. The van der Waals surface area contributed by atoms with E-state index in [1.165, 1.54) is 18.9 Å². The summed E-state index contributed by atoms with van der Waals surface area (Å²) in [5.41, 5.74) is 0.456. The zero-order chi connectivity index (χ0) is 20.3. The summed E-state index contributed by atoms with van der Waals surface area (Å²) < 4.78 is 6.13. The van der Waals surface area contributed by atoms with E-state index in [1.807, 2.05) is 19.1 Å². The molecule has 0 bridgehead atoms. The lowest BCUT2D eigenvalue weighted by molar-refractivity contribution is 0.0346. The van der Waals surface area contributed by atoms with Crippen LogP contribution in [0.1, 0.15) is 16.7 Å². The fourth-order valence-electron chi connectivity index (χ4n) is 2.98. The Hall–Kier alpha value is -2.87. The number of ether oxygens (including phenoxy) is 1. The number of hydrogen-bond acceptors (Lipinski definition) is 5. The third kappa shape index (κ3) is 3.47. The number of hydrogen-bond donors (Lipinski definition) is 1. The molecular weight excluding hydrogens is 382 g/mol. The fourth-order valence-corrected chi connectivity index (χ4v) is 3.12. The minimum atomic E-state index is -1.76. The van der Waals surface area contributed by atoms with Gasteiger partial charge in [0.1, 0.15) is 0 Å². The molecule has 0 spiro atoms. The van der Waals surface area contributed by atoms with Crippen LogP contribution in [0, 0.1) is 6.92 Å². The van der Waals surface area contributed by atoms with E-state index in [0.717, 1.165) is 10.6 Å². The van der Waals surface area contributed by atoms with Crippen molar-refractivity contribution in [3.8, 4) is 0 Å². The van der Waals surface area contributed by atoms with Crippen molar-refractivity contribution >= 4 is 23.4 Å². The summed E-state index contributed by atoms with van der Waals surface area (Å²) >= 11 is 6.02. The first-order valence-electron chi connectivity index (χ1n) is 8.44. The Morgan fingerprint density at radius 1 is 1.14 bits per heavy atom. The van der Waals surface area contributed by atoms with Gasteiger partial charge in [0.05, 0.1) is 19.9 Å². The van der Waals surface area contributed by atoms with Gasteiger partial charge in [0, 0.05) is 17.3 Å². The molecule has 1 aromatic heterocycles. The van der Waals surface area contributed by atoms with Crippen LogP contribution in [0.3, 0.4) is 0 Å². The standard InChI is InChI=1S/C20H20ClN3O4/c1-14-8-10-15(11-9-14)20(26,23-13-12-18(21)22-23)16-6-4-5-7-17(16)24(28-3)19(25)27-2/h4-13,26H,1-3H3. The summed E-state index contributed by atoms with van der Waals surface area (Å²) in [6, 6.07) is 15.7. The molecule has 1 amide bonds. The maximum absolute atomic E-state index is 12.2. The molecule has 1 unspecified atom stereocenters. The number of methoxy groups -OCH3 is 1. The Labute approximate surface area is 167 Å². The molecule has 0 radical (unpaired) electrons. The number of anilines is 1. The molecule has 0 saturated carbocycles. The predicted octanol–water partition coefficient (Wildman–Crippen LogP) is 3.72. The fraction of sp³-hybridized carbons (Fsp3) is 0.200. The molecule has 2 aromatic carbocycles. The van der Waals surface area contributed by atoms with E-state index in [9.17, 15) is 9.90 Å². The number of benzene rings is 2. The average molecular weight is 402 g/mol. The average Bonchev–Trinajstić information content (AvgIpc) is 3.15.